The highest BCUT2D eigenvalue weighted by atomic mass is 28.1. The van der Waals surface area contributed by atoms with Crippen LogP contribution in [0.2, 0.25) is 0 Å². The summed E-state index contributed by atoms with van der Waals surface area (Å²) in [5.41, 5.74) is -0.572. The lowest BCUT2D eigenvalue weighted by atomic mass is 10.1. The van der Waals surface area contributed by atoms with Gasteiger partial charge in [0.2, 0.25) is 0 Å². The molecule has 1 rings (SSSR count). The van der Waals surface area contributed by atoms with Gasteiger partial charge in [0.05, 0.1) is 13.2 Å². The first-order chi connectivity index (χ1) is 6.58. The highest BCUT2D eigenvalue weighted by molar-refractivity contribution is 5.75. The lowest BCUT2D eigenvalue weighted by Crippen LogP contribution is -2.61. The van der Waals surface area contributed by atoms with Crippen LogP contribution in [0.15, 0.2) is 0 Å². The van der Waals surface area contributed by atoms with Gasteiger partial charge in [0.15, 0.2) is 0 Å². The first kappa shape index (κ1) is 15.1. The summed E-state index contributed by atoms with van der Waals surface area (Å²) in [6.07, 6.45) is 0. The van der Waals surface area contributed by atoms with Crippen LogP contribution in [0.4, 0.5) is 0 Å². The van der Waals surface area contributed by atoms with E-state index >= 15 is 0 Å². The molecule has 5 heteroatoms. The van der Waals surface area contributed by atoms with Crippen molar-refractivity contribution < 1.29 is 18.9 Å². The van der Waals surface area contributed by atoms with Crippen LogP contribution in [-0.2, 0) is 18.9 Å². The Balaban J connectivity index is 0.00000196. The second-order valence-electron chi connectivity index (χ2n) is 3.63. The first-order valence-corrected chi connectivity index (χ1v) is 5.14. The molecule has 1 saturated heterocycles. The van der Waals surface area contributed by atoms with Crippen LogP contribution in [0.25, 0.3) is 0 Å². The zero-order valence-electron chi connectivity index (χ0n) is 9.96. The predicted octanol–water partition coefficient (Wildman–Crippen LogP) is 1.16. The molecule has 0 atom stereocenters. The molecule has 0 aliphatic carbocycles. The Labute approximate surface area is 96.2 Å². The van der Waals surface area contributed by atoms with Gasteiger partial charge in [-0.15, -0.1) is 0 Å². The topological polar surface area (TPSA) is 36.9 Å². The zero-order chi connectivity index (χ0) is 10.7. The lowest BCUT2D eigenvalue weighted by Gasteiger charge is -2.46. The molecule has 0 unspecified atom stereocenters. The fourth-order valence-electron chi connectivity index (χ4n) is 1.59. The average Bonchev–Trinajstić information content (AvgIpc) is 2.11. The molecule has 0 aromatic carbocycles. The minimum absolute atomic E-state index is 0. The molecule has 0 saturated carbocycles. The molecular weight excluding hydrogens is 212 g/mol. The Morgan fingerprint density at radius 3 is 1.87 bits per heavy atom. The Hall–Kier alpha value is 0.0569. The van der Waals surface area contributed by atoms with E-state index in [1.54, 1.807) is 0 Å². The van der Waals surface area contributed by atoms with E-state index in [4.69, 9.17) is 18.9 Å². The van der Waals surface area contributed by atoms with Crippen molar-refractivity contribution in [2.24, 2.45) is 0 Å². The molecule has 4 nitrogen and oxygen atoms in total. The lowest BCUT2D eigenvalue weighted by molar-refractivity contribution is -0.461. The fraction of sp³-hybridized carbons (Fsp3) is 1.00. The largest absolute Gasteiger partial charge is 0.365 e. The fourth-order valence-corrected chi connectivity index (χ4v) is 1.59. The van der Waals surface area contributed by atoms with Gasteiger partial charge >= 0.3 is 5.97 Å². The van der Waals surface area contributed by atoms with Gasteiger partial charge in [-0.1, -0.05) is 0 Å². The van der Waals surface area contributed by atoms with Crippen LogP contribution in [0.3, 0.4) is 0 Å². The second-order valence-corrected chi connectivity index (χ2v) is 3.63. The van der Waals surface area contributed by atoms with Crippen molar-refractivity contribution in [2.75, 3.05) is 26.4 Å². The van der Waals surface area contributed by atoms with Crippen molar-refractivity contribution in [1.82, 2.24) is 0 Å². The molecule has 0 bridgehead atoms. The van der Waals surface area contributed by atoms with Crippen molar-refractivity contribution in [1.29, 1.82) is 0 Å². The van der Waals surface area contributed by atoms with E-state index in [1.165, 1.54) is 0 Å². The molecule has 0 spiro atoms. The summed E-state index contributed by atoms with van der Waals surface area (Å²) in [6.45, 7) is 9.80. The van der Waals surface area contributed by atoms with E-state index in [0.717, 1.165) is 0 Å². The van der Waals surface area contributed by atoms with Gasteiger partial charge in [0.1, 0.15) is 5.60 Å². The highest BCUT2D eigenvalue weighted by Crippen LogP contribution is 2.35. The Morgan fingerprint density at radius 1 is 1.00 bits per heavy atom. The summed E-state index contributed by atoms with van der Waals surface area (Å²) in [6, 6.07) is 0. The third kappa shape index (κ3) is 3.01. The van der Waals surface area contributed by atoms with Gasteiger partial charge in [-0.2, -0.15) is 0 Å². The van der Waals surface area contributed by atoms with Gasteiger partial charge in [-0.3, -0.25) is 0 Å². The predicted molar refractivity (Wildman–Crippen MR) is 57.7 cm³/mol. The summed E-state index contributed by atoms with van der Waals surface area (Å²) >= 11 is 0. The van der Waals surface area contributed by atoms with Crippen molar-refractivity contribution >= 4 is 11.0 Å². The van der Waals surface area contributed by atoms with Crippen LogP contribution in [-0.4, -0.2) is 49.0 Å². The smallest absolute Gasteiger partial charge is 0.313 e. The number of hydrogen-bond donors (Lipinski definition) is 0. The number of rotatable bonds is 4. The zero-order valence-corrected chi connectivity index (χ0v) is 11.0. The maximum absolute atomic E-state index is 5.61. The minimum Gasteiger partial charge on any atom is -0.365 e. The highest BCUT2D eigenvalue weighted by Gasteiger charge is 2.52. The SMILES string of the molecule is CCOC1(OCC)OCCOC1(C)C.[Si]. The van der Waals surface area contributed by atoms with Crippen molar-refractivity contribution in [3.05, 3.63) is 0 Å². The monoisotopic (exact) mass is 232 g/mol. The van der Waals surface area contributed by atoms with Crippen LogP contribution < -0.4 is 0 Å². The summed E-state index contributed by atoms with van der Waals surface area (Å²) in [4.78, 5) is 0. The molecule has 0 aromatic heterocycles. The van der Waals surface area contributed by atoms with E-state index in [9.17, 15) is 0 Å². The second kappa shape index (κ2) is 5.96. The van der Waals surface area contributed by atoms with E-state index in [0.29, 0.717) is 26.4 Å². The third-order valence-electron chi connectivity index (χ3n) is 2.24. The summed E-state index contributed by atoms with van der Waals surface area (Å²) < 4.78 is 22.3. The van der Waals surface area contributed by atoms with Crippen molar-refractivity contribution in [2.45, 2.75) is 39.3 Å². The van der Waals surface area contributed by atoms with Crippen molar-refractivity contribution in [3.63, 3.8) is 0 Å². The summed E-state index contributed by atoms with van der Waals surface area (Å²) in [5, 5.41) is 0. The average molecular weight is 232 g/mol. The van der Waals surface area contributed by atoms with E-state index in [2.05, 4.69) is 0 Å². The molecule has 1 fully saturated rings. The summed E-state index contributed by atoms with van der Waals surface area (Å²) in [5.74, 6) is -1.05. The van der Waals surface area contributed by atoms with E-state index < -0.39 is 11.6 Å². The molecule has 4 radical (unpaired) electrons. The number of hydrogen-bond acceptors (Lipinski definition) is 4. The molecule has 1 aliphatic heterocycles. The van der Waals surface area contributed by atoms with Gasteiger partial charge in [-0.05, 0) is 27.7 Å². The molecule has 88 valence electrons. The molecule has 0 N–H and O–H groups in total. The maximum atomic E-state index is 5.61. The van der Waals surface area contributed by atoms with Gasteiger partial charge < -0.3 is 18.9 Å². The Morgan fingerprint density at radius 2 is 1.47 bits per heavy atom. The molecule has 0 aromatic rings. The molecular formula is C10H20O4Si. The van der Waals surface area contributed by atoms with Crippen molar-refractivity contribution in [3.8, 4) is 0 Å². The van der Waals surface area contributed by atoms with Crippen LogP contribution in [0.1, 0.15) is 27.7 Å². The minimum atomic E-state index is -1.05. The van der Waals surface area contributed by atoms with E-state index in [1.807, 2.05) is 27.7 Å². The van der Waals surface area contributed by atoms with Gasteiger partial charge in [0, 0.05) is 24.2 Å². The van der Waals surface area contributed by atoms with Crippen LogP contribution in [0, 0.1) is 0 Å². The quantitative estimate of drug-likeness (QED) is 0.538. The Kier molecular flexibility index (Phi) is 5.98. The maximum Gasteiger partial charge on any atom is 0.313 e. The summed E-state index contributed by atoms with van der Waals surface area (Å²) in [7, 11) is 0. The normalized spacial score (nSPS) is 23.2. The van der Waals surface area contributed by atoms with E-state index in [-0.39, 0.29) is 11.0 Å². The molecule has 0 amide bonds. The molecule has 15 heavy (non-hydrogen) atoms. The Bertz CT molecular complexity index is 173. The molecule has 1 heterocycles. The molecule has 1 aliphatic rings. The van der Waals surface area contributed by atoms with Crippen LogP contribution >= 0.6 is 0 Å². The van der Waals surface area contributed by atoms with Gasteiger partial charge in [-0.25, -0.2) is 0 Å². The third-order valence-corrected chi connectivity index (χ3v) is 2.24. The van der Waals surface area contributed by atoms with Gasteiger partial charge in [0.25, 0.3) is 0 Å². The van der Waals surface area contributed by atoms with Crippen LogP contribution in [0.5, 0.6) is 0 Å². The number of ether oxygens (including phenoxy) is 4. The first-order valence-electron chi connectivity index (χ1n) is 5.14. The standard InChI is InChI=1S/C10H20O4.Si/c1-5-11-10(12-6-2)9(3,4)13-7-8-14-10;/h5-8H2,1-4H3;.